The molecule has 1 atom stereocenters. The van der Waals surface area contributed by atoms with Crippen LogP contribution in [0.5, 0.6) is 0 Å². The SMILES string of the molecule is CCOC(=O)c1cc(S(=O)(=O)N2CCC[C@H]2C(=O)NCc2ccc(C)cc2)cn1C. The van der Waals surface area contributed by atoms with Crippen LogP contribution in [0.25, 0.3) is 0 Å². The Balaban J connectivity index is 1.75. The number of nitrogens with one attached hydrogen (secondary N) is 1. The van der Waals surface area contributed by atoms with E-state index in [2.05, 4.69) is 5.32 Å². The van der Waals surface area contributed by atoms with E-state index in [0.717, 1.165) is 11.1 Å². The monoisotopic (exact) mass is 433 g/mol. The van der Waals surface area contributed by atoms with E-state index >= 15 is 0 Å². The smallest absolute Gasteiger partial charge is 0.354 e. The maximum atomic E-state index is 13.2. The van der Waals surface area contributed by atoms with Crippen molar-refractivity contribution in [2.75, 3.05) is 13.2 Å². The molecule has 2 aromatic rings. The van der Waals surface area contributed by atoms with Gasteiger partial charge in [0.05, 0.1) is 6.61 Å². The van der Waals surface area contributed by atoms with Crippen LogP contribution in [0, 0.1) is 6.92 Å². The van der Waals surface area contributed by atoms with E-state index in [-0.39, 0.29) is 29.6 Å². The van der Waals surface area contributed by atoms with Gasteiger partial charge in [-0.1, -0.05) is 29.8 Å². The van der Waals surface area contributed by atoms with Gasteiger partial charge in [0.1, 0.15) is 16.6 Å². The van der Waals surface area contributed by atoms with E-state index in [1.165, 1.54) is 21.1 Å². The molecule has 0 aliphatic carbocycles. The van der Waals surface area contributed by atoms with Gasteiger partial charge in [-0.25, -0.2) is 13.2 Å². The van der Waals surface area contributed by atoms with Crippen LogP contribution < -0.4 is 5.32 Å². The minimum absolute atomic E-state index is 0.0220. The Morgan fingerprint density at radius 2 is 1.93 bits per heavy atom. The molecule has 1 aromatic heterocycles. The van der Waals surface area contributed by atoms with Crippen molar-refractivity contribution in [3.05, 3.63) is 53.3 Å². The van der Waals surface area contributed by atoms with Crippen molar-refractivity contribution >= 4 is 21.9 Å². The molecular weight excluding hydrogens is 406 g/mol. The van der Waals surface area contributed by atoms with Crippen molar-refractivity contribution in [1.82, 2.24) is 14.2 Å². The van der Waals surface area contributed by atoms with Gasteiger partial charge >= 0.3 is 5.97 Å². The lowest BCUT2D eigenvalue weighted by molar-refractivity contribution is -0.124. The lowest BCUT2D eigenvalue weighted by atomic mass is 10.1. The molecule has 1 fully saturated rings. The summed E-state index contributed by atoms with van der Waals surface area (Å²) in [6, 6.07) is 8.31. The molecule has 162 valence electrons. The zero-order valence-corrected chi connectivity index (χ0v) is 18.2. The van der Waals surface area contributed by atoms with Gasteiger partial charge in [0.2, 0.25) is 15.9 Å². The number of aryl methyl sites for hydroxylation is 2. The second-order valence-corrected chi connectivity index (χ2v) is 9.26. The van der Waals surface area contributed by atoms with E-state index in [9.17, 15) is 18.0 Å². The molecule has 1 aromatic carbocycles. The molecule has 9 heteroatoms. The van der Waals surface area contributed by atoms with Crippen molar-refractivity contribution < 1.29 is 22.7 Å². The summed E-state index contributed by atoms with van der Waals surface area (Å²) >= 11 is 0. The molecular formula is C21H27N3O5S. The first kappa shape index (κ1) is 22.0. The normalized spacial score (nSPS) is 17.1. The topological polar surface area (TPSA) is 97.7 Å². The van der Waals surface area contributed by atoms with Crippen LogP contribution in [-0.2, 0) is 33.1 Å². The van der Waals surface area contributed by atoms with Crippen molar-refractivity contribution in [3.8, 4) is 0 Å². The van der Waals surface area contributed by atoms with Crippen LogP contribution >= 0.6 is 0 Å². The number of sulfonamides is 1. The number of benzene rings is 1. The predicted octanol–water partition coefficient (Wildman–Crippen LogP) is 1.98. The van der Waals surface area contributed by atoms with E-state index in [4.69, 9.17) is 4.74 Å². The summed E-state index contributed by atoms with van der Waals surface area (Å²) in [5, 5.41) is 2.84. The number of hydrogen-bond acceptors (Lipinski definition) is 5. The molecule has 0 bridgehead atoms. The Bertz CT molecular complexity index is 1030. The van der Waals surface area contributed by atoms with Gasteiger partial charge in [0.25, 0.3) is 0 Å². The highest BCUT2D eigenvalue weighted by Crippen LogP contribution is 2.27. The Hall–Kier alpha value is -2.65. The molecule has 1 N–H and O–H groups in total. The van der Waals surface area contributed by atoms with Crippen LogP contribution in [0.4, 0.5) is 0 Å². The third kappa shape index (κ3) is 4.57. The number of aromatic nitrogens is 1. The number of nitrogens with zero attached hydrogens (tertiary/aromatic N) is 2. The fourth-order valence-electron chi connectivity index (χ4n) is 3.52. The molecule has 8 nitrogen and oxygen atoms in total. The molecule has 2 heterocycles. The van der Waals surface area contributed by atoms with Crippen LogP contribution in [0.15, 0.2) is 41.4 Å². The maximum Gasteiger partial charge on any atom is 0.354 e. The third-order valence-electron chi connectivity index (χ3n) is 5.16. The molecule has 1 saturated heterocycles. The van der Waals surface area contributed by atoms with E-state index in [0.29, 0.717) is 19.4 Å². The highest BCUT2D eigenvalue weighted by Gasteiger charge is 2.40. The molecule has 3 rings (SSSR count). The summed E-state index contributed by atoms with van der Waals surface area (Å²) in [5.74, 6) is -0.909. The van der Waals surface area contributed by atoms with Crippen LogP contribution in [0.2, 0.25) is 0 Å². The van der Waals surface area contributed by atoms with Crippen LogP contribution in [-0.4, -0.2) is 48.4 Å². The van der Waals surface area contributed by atoms with Crippen molar-refractivity contribution in [1.29, 1.82) is 0 Å². The van der Waals surface area contributed by atoms with E-state index < -0.39 is 22.0 Å². The second kappa shape index (κ2) is 9.01. The summed E-state index contributed by atoms with van der Waals surface area (Å²) in [6.07, 6.45) is 2.43. The van der Waals surface area contributed by atoms with Gasteiger partial charge < -0.3 is 14.6 Å². The summed E-state index contributed by atoms with van der Waals surface area (Å²) in [7, 11) is -2.34. The van der Waals surface area contributed by atoms with E-state index in [1.807, 2.05) is 31.2 Å². The average Bonchev–Trinajstić information content (AvgIpc) is 3.35. The van der Waals surface area contributed by atoms with Crippen LogP contribution in [0.1, 0.15) is 41.4 Å². The number of rotatable bonds is 7. The first-order chi connectivity index (χ1) is 14.2. The predicted molar refractivity (Wildman–Crippen MR) is 111 cm³/mol. The minimum atomic E-state index is -3.93. The number of hydrogen-bond donors (Lipinski definition) is 1. The third-order valence-corrected chi connectivity index (χ3v) is 7.04. The Morgan fingerprint density at radius 3 is 2.60 bits per heavy atom. The number of carbonyl (C=O) groups excluding carboxylic acids is 2. The van der Waals surface area contributed by atoms with Crippen molar-refractivity contribution in [2.24, 2.45) is 7.05 Å². The highest BCUT2D eigenvalue weighted by molar-refractivity contribution is 7.89. The molecule has 30 heavy (non-hydrogen) atoms. The highest BCUT2D eigenvalue weighted by atomic mass is 32.2. The Kier molecular flexibility index (Phi) is 6.62. The molecule has 0 saturated carbocycles. The van der Waals surface area contributed by atoms with E-state index in [1.54, 1.807) is 14.0 Å². The number of ether oxygens (including phenoxy) is 1. The molecule has 0 radical (unpaired) electrons. The van der Waals surface area contributed by atoms with Crippen molar-refractivity contribution in [3.63, 3.8) is 0 Å². The quantitative estimate of drug-likeness (QED) is 0.674. The number of amides is 1. The minimum Gasteiger partial charge on any atom is -0.461 e. The summed E-state index contributed by atoms with van der Waals surface area (Å²) in [4.78, 5) is 24.7. The standard InChI is InChI=1S/C21H27N3O5S/c1-4-29-21(26)19-12-17(14-23(19)3)30(27,28)24-11-5-6-18(24)20(25)22-13-16-9-7-15(2)8-10-16/h7-10,12,14,18H,4-6,11,13H2,1-3H3,(H,22,25)/t18-/m0/s1. The first-order valence-electron chi connectivity index (χ1n) is 9.92. The van der Waals surface area contributed by atoms with Crippen molar-refractivity contribution in [2.45, 2.75) is 44.2 Å². The summed E-state index contributed by atoms with van der Waals surface area (Å²) in [5.41, 5.74) is 2.22. The van der Waals surface area contributed by atoms with Gasteiger partial charge in [-0.2, -0.15) is 4.31 Å². The zero-order chi connectivity index (χ0) is 21.9. The van der Waals surface area contributed by atoms with Gasteiger partial charge in [0, 0.05) is 26.3 Å². The number of esters is 1. The Morgan fingerprint density at radius 1 is 1.23 bits per heavy atom. The average molecular weight is 434 g/mol. The summed E-state index contributed by atoms with van der Waals surface area (Å²) in [6.45, 7) is 4.46. The zero-order valence-electron chi connectivity index (χ0n) is 17.4. The molecule has 1 aliphatic rings. The fraction of sp³-hybridized carbons (Fsp3) is 0.429. The maximum absolute atomic E-state index is 13.2. The molecule has 0 unspecified atom stereocenters. The molecule has 1 aliphatic heterocycles. The first-order valence-corrected chi connectivity index (χ1v) is 11.4. The van der Waals surface area contributed by atoms with Gasteiger partial charge in [-0.15, -0.1) is 0 Å². The Labute approximate surface area is 176 Å². The largest absolute Gasteiger partial charge is 0.461 e. The van der Waals surface area contributed by atoms with Gasteiger partial charge in [-0.3, -0.25) is 4.79 Å². The van der Waals surface area contributed by atoms with Gasteiger partial charge in [-0.05, 0) is 38.3 Å². The summed E-state index contributed by atoms with van der Waals surface area (Å²) < 4.78 is 34.0. The lowest BCUT2D eigenvalue weighted by Gasteiger charge is -2.23. The lowest BCUT2D eigenvalue weighted by Crippen LogP contribution is -2.45. The molecule has 0 spiro atoms. The molecule has 1 amide bonds. The van der Waals surface area contributed by atoms with Crippen LogP contribution in [0.3, 0.4) is 0 Å². The fourth-order valence-corrected chi connectivity index (χ4v) is 5.25. The number of carbonyl (C=O) groups is 2. The van der Waals surface area contributed by atoms with Gasteiger partial charge in [0.15, 0.2) is 0 Å². The second-order valence-electron chi connectivity index (χ2n) is 7.37.